The average molecular weight is 434 g/mol. The fourth-order valence-electron chi connectivity index (χ4n) is 3.66. The van der Waals surface area contributed by atoms with E-state index in [9.17, 15) is 19.7 Å². The van der Waals surface area contributed by atoms with Crippen LogP contribution < -0.4 is 14.8 Å². The molecule has 1 aromatic rings. The molecular formula is C22H31N3O6. The van der Waals surface area contributed by atoms with Gasteiger partial charge in [-0.3, -0.25) is 19.7 Å². The number of likely N-dealkylation sites (tertiary alicyclic amines) is 1. The van der Waals surface area contributed by atoms with Gasteiger partial charge in [0.15, 0.2) is 11.5 Å². The molecule has 2 amide bonds. The lowest BCUT2D eigenvalue weighted by atomic mass is 9.96. The number of nitro benzene ring substituents is 1. The summed E-state index contributed by atoms with van der Waals surface area (Å²) in [5, 5.41) is 14.4. The Bertz CT molecular complexity index is 824. The quantitative estimate of drug-likeness (QED) is 0.444. The molecule has 1 aliphatic carbocycles. The summed E-state index contributed by atoms with van der Waals surface area (Å²) in [4.78, 5) is 38.2. The molecular weight excluding hydrogens is 402 g/mol. The Morgan fingerprint density at radius 3 is 2.32 bits per heavy atom. The molecule has 1 unspecified atom stereocenters. The van der Waals surface area contributed by atoms with Crippen molar-refractivity contribution in [1.29, 1.82) is 0 Å². The third kappa shape index (κ3) is 5.86. The number of piperidine rings is 1. The van der Waals surface area contributed by atoms with Crippen LogP contribution in [0.1, 0.15) is 52.4 Å². The van der Waals surface area contributed by atoms with Crippen LogP contribution in [-0.4, -0.2) is 47.9 Å². The van der Waals surface area contributed by atoms with Crippen molar-refractivity contribution in [2.75, 3.05) is 31.6 Å². The minimum Gasteiger partial charge on any atom is -0.490 e. The Morgan fingerprint density at radius 2 is 1.74 bits per heavy atom. The number of anilines is 1. The highest BCUT2D eigenvalue weighted by atomic mass is 16.6. The van der Waals surface area contributed by atoms with Gasteiger partial charge in [0.25, 0.3) is 5.69 Å². The highest BCUT2D eigenvalue weighted by molar-refractivity contribution is 5.96. The first-order chi connectivity index (χ1) is 14.9. The fourth-order valence-corrected chi connectivity index (χ4v) is 3.66. The maximum Gasteiger partial charge on any atom is 0.296 e. The molecule has 9 nitrogen and oxygen atoms in total. The van der Waals surface area contributed by atoms with Crippen LogP contribution in [0.15, 0.2) is 12.1 Å². The van der Waals surface area contributed by atoms with Gasteiger partial charge in [0, 0.05) is 25.1 Å². The Kier molecular flexibility index (Phi) is 7.70. The van der Waals surface area contributed by atoms with E-state index in [2.05, 4.69) is 5.32 Å². The van der Waals surface area contributed by atoms with E-state index >= 15 is 0 Å². The van der Waals surface area contributed by atoms with Crippen molar-refractivity contribution in [2.24, 2.45) is 11.8 Å². The van der Waals surface area contributed by atoms with Crippen molar-refractivity contribution < 1.29 is 24.0 Å². The normalized spacial score (nSPS) is 18.4. The highest BCUT2D eigenvalue weighted by Crippen LogP contribution is 2.39. The maximum absolute atomic E-state index is 12.9. The van der Waals surface area contributed by atoms with Gasteiger partial charge in [-0.25, -0.2) is 0 Å². The molecule has 170 valence electrons. The zero-order valence-electron chi connectivity index (χ0n) is 18.2. The van der Waals surface area contributed by atoms with Gasteiger partial charge >= 0.3 is 0 Å². The number of nitro groups is 1. The molecule has 1 atom stereocenters. The second-order valence-corrected chi connectivity index (χ2v) is 8.16. The van der Waals surface area contributed by atoms with Gasteiger partial charge in [-0.05, 0) is 38.5 Å². The molecule has 0 aromatic heterocycles. The molecule has 1 aromatic carbocycles. The molecule has 1 saturated heterocycles. The second kappa shape index (κ2) is 10.5. The number of carbonyl (C=O) groups excluding carboxylic acids is 2. The molecule has 1 saturated carbocycles. The Hall–Kier alpha value is -2.84. The van der Waals surface area contributed by atoms with Crippen LogP contribution in [0.3, 0.4) is 0 Å². The van der Waals surface area contributed by atoms with Crippen LogP contribution in [0.5, 0.6) is 11.5 Å². The number of hydrogen-bond acceptors (Lipinski definition) is 6. The van der Waals surface area contributed by atoms with E-state index in [1.54, 1.807) is 4.90 Å². The lowest BCUT2D eigenvalue weighted by molar-refractivity contribution is -0.384. The number of rotatable bonds is 10. The van der Waals surface area contributed by atoms with Crippen LogP contribution in [-0.2, 0) is 9.59 Å². The first kappa shape index (κ1) is 22.8. The van der Waals surface area contributed by atoms with E-state index in [1.807, 2.05) is 13.8 Å². The molecule has 0 radical (unpaired) electrons. The van der Waals surface area contributed by atoms with Crippen molar-refractivity contribution in [3.8, 4) is 11.5 Å². The number of amides is 2. The summed E-state index contributed by atoms with van der Waals surface area (Å²) in [6.45, 7) is 5.74. The van der Waals surface area contributed by atoms with E-state index in [0.717, 1.165) is 32.1 Å². The Morgan fingerprint density at radius 1 is 1.10 bits per heavy atom. The van der Waals surface area contributed by atoms with Gasteiger partial charge in [0.2, 0.25) is 11.8 Å². The van der Waals surface area contributed by atoms with Crippen LogP contribution in [0.4, 0.5) is 11.4 Å². The molecule has 3 rings (SSSR count). The van der Waals surface area contributed by atoms with E-state index in [4.69, 9.17) is 9.47 Å². The molecule has 1 heterocycles. The lowest BCUT2D eigenvalue weighted by Crippen LogP contribution is -2.44. The Balaban J connectivity index is 1.78. The van der Waals surface area contributed by atoms with E-state index in [-0.39, 0.29) is 29.1 Å². The first-order valence-corrected chi connectivity index (χ1v) is 11.1. The third-order valence-corrected chi connectivity index (χ3v) is 5.47. The third-order valence-electron chi connectivity index (χ3n) is 5.47. The summed E-state index contributed by atoms with van der Waals surface area (Å²) in [5.74, 6) is 0.171. The minimum absolute atomic E-state index is 0.0793. The summed E-state index contributed by atoms with van der Waals surface area (Å²) in [6.07, 6.45) is 4.74. The molecule has 0 spiro atoms. The topological polar surface area (TPSA) is 111 Å². The molecule has 2 fully saturated rings. The van der Waals surface area contributed by atoms with Gasteiger partial charge in [-0.1, -0.05) is 13.8 Å². The summed E-state index contributed by atoms with van der Waals surface area (Å²) < 4.78 is 11.3. The largest absolute Gasteiger partial charge is 0.490 e. The average Bonchev–Trinajstić information content (AvgIpc) is 3.61. The number of nitrogens with one attached hydrogen (secondary N) is 1. The van der Waals surface area contributed by atoms with Crippen molar-refractivity contribution >= 4 is 23.2 Å². The van der Waals surface area contributed by atoms with Gasteiger partial charge in [0.05, 0.1) is 30.1 Å². The van der Waals surface area contributed by atoms with E-state index < -0.39 is 10.8 Å². The van der Waals surface area contributed by atoms with Crippen molar-refractivity contribution in [2.45, 2.75) is 52.4 Å². The summed E-state index contributed by atoms with van der Waals surface area (Å²) in [7, 11) is 0. The van der Waals surface area contributed by atoms with Crippen LogP contribution in [0.2, 0.25) is 0 Å². The summed E-state index contributed by atoms with van der Waals surface area (Å²) in [5.41, 5.74) is -0.166. The number of ether oxygens (including phenoxy) is 2. The smallest absolute Gasteiger partial charge is 0.296 e. The maximum atomic E-state index is 12.9. The van der Waals surface area contributed by atoms with Gasteiger partial charge in [-0.15, -0.1) is 0 Å². The van der Waals surface area contributed by atoms with Crippen molar-refractivity contribution in [3.63, 3.8) is 0 Å². The zero-order chi connectivity index (χ0) is 22.4. The molecule has 0 bridgehead atoms. The zero-order valence-corrected chi connectivity index (χ0v) is 18.2. The van der Waals surface area contributed by atoms with Crippen molar-refractivity contribution in [3.05, 3.63) is 22.2 Å². The predicted molar refractivity (Wildman–Crippen MR) is 115 cm³/mol. The molecule has 9 heteroatoms. The van der Waals surface area contributed by atoms with Crippen LogP contribution >= 0.6 is 0 Å². The highest BCUT2D eigenvalue weighted by Gasteiger charge is 2.37. The van der Waals surface area contributed by atoms with E-state index in [1.165, 1.54) is 12.1 Å². The standard InChI is InChI=1S/C22H31N3O6/c1-3-10-30-19-12-17(18(25(28)29)13-20(19)31-11-4-2)23-21(26)16-6-5-9-24(14-16)22(27)15-7-8-15/h12-13,15-16H,3-11,14H2,1-2H3,(H,23,26). The predicted octanol–water partition coefficient (Wildman–Crippen LogP) is 3.76. The molecule has 31 heavy (non-hydrogen) atoms. The van der Waals surface area contributed by atoms with Gasteiger partial charge < -0.3 is 19.7 Å². The first-order valence-electron chi connectivity index (χ1n) is 11.1. The minimum atomic E-state index is -0.540. The van der Waals surface area contributed by atoms with E-state index in [0.29, 0.717) is 44.2 Å². The Labute approximate surface area is 182 Å². The number of carbonyl (C=O) groups is 2. The SMILES string of the molecule is CCCOc1cc(NC(=O)C2CCCN(C(=O)C3CC3)C2)c([N+](=O)[O-])cc1OCCC. The lowest BCUT2D eigenvalue weighted by Gasteiger charge is -2.32. The van der Waals surface area contributed by atoms with Crippen LogP contribution in [0.25, 0.3) is 0 Å². The second-order valence-electron chi connectivity index (χ2n) is 8.16. The van der Waals surface area contributed by atoms with Crippen molar-refractivity contribution in [1.82, 2.24) is 4.90 Å². The summed E-state index contributed by atoms with van der Waals surface area (Å²) in [6, 6.07) is 2.77. The molecule has 2 aliphatic rings. The molecule has 1 aliphatic heterocycles. The number of nitrogens with zero attached hydrogens (tertiary/aromatic N) is 2. The number of hydrogen-bond donors (Lipinski definition) is 1. The number of benzene rings is 1. The van der Waals surface area contributed by atoms with Gasteiger partial charge in [0.1, 0.15) is 5.69 Å². The van der Waals surface area contributed by atoms with Crippen LogP contribution in [0, 0.1) is 22.0 Å². The molecule has 1 N–H and O–H groups in total. The van der Waals surface area contributed by atoms with Gasteiger partial charge in [-0.2, -0.15) is 0 Å². The summed E-state index contributed by atoms with van der Waals surface area (Å²) >= 11 is 0. The fraction of sp³-hybridized carbons (Fsp3) is 0.636. The monoisotopic (exact) mass is 433 g/mol.